The summed E-state index contributed by atoms with van der Waals surface area (Å²) in [5.41, 5.74) is 4.29. The van der Waals surface area contributed by atoms with E-state index in [2.05, 4.69) is 49.2 Å². The number of likely N-dealkylation sites (tertiary alicyclic amines) is 1. The summed E-state index contributed by atoms with van der Waals surface area (Å²) in [5, 5.41) is 3.65. The van der Waals surface area contributed by atoms with Crippen molar-refractivity contribution < 1.29 is 0 Å². The van der Waals surface area contributed by atoms with Gasteiger partial charge in [-0.05, 0) is 75.5 Å². The van der Waals surface area contributed by atoms with Crippen LogP contribution in [-0.4, -0.2) is 31.1 Å². The molecule has 1 aromatic carbocycles. The Morgan fingerprint density at radius 1 is 1.21 bits per heavy atom. The Kier molecular flexibility index (Phi) is 5.41. The Labute approximate surface area is 118 Å². The fourth-order valence-electron chi connectivity index (χ4n) is 2.92. The van der Waals surface area contributed by atoms with E-state index in [9.17, 15) is 0 Å². The Morgan fingerprint density at radius 3 is 2.63 bits per heavy atom. The van der Waals surface area contributed by atoms with Gasteiger partial charge in [-0.15, -0.1) is 0 Å². The van der Waals surface area contributed by atoms with Gasteiger partial charge < -0.3 is 10.2 Å². The van der Waals surface area contributed by atoms with Crippen LogP contribution in [0.3, 0.4) is 0 Å². The van der Waals surface area contributed by atoms with Gasteiger partial charge in [-0.3, -0.25) is 0 Å². The third-order valence-electron chi connectivity index (χ3n) is 4.62. The van der Waals surface area contributed by atoms with Crippen molar-refractivity contribution in [2.24, 2.45) is 5.92 Å². The molecule has 2 nitrogen and oxygen atoms in total. The third kappa shape index (κ3) is 4.05. The van der Waals surface area contributed by atoms with Crippen LogP contribution in [0.15, 0.2) is 18.2 Å². The topological polar surface area (TPSA) is 15.3 Å². The van der Waals surface area contributed by atoms with E-state index in [4.69, 9.17) is 0 Å². The minimum absolute atomic E-state index is 0.868. The van der Waals surface area contributed by atoms with E-state index < -0.39 is 0 Å². The SMILES string of the molecule is CCN1CCC(CNCc2cccc(C)c2C)CC1. The maximum absolute atomic E-state index is 3.65. The van der Waals surface area contributed by atoms with E-state index >= 15 is 0 Å². The Morgan fingerprint density at radius 2 is 1.95 bits per heavy atom. The summed E-state index contributed by atoms with van der Waals surface area (Å²) in [4.78, 5) is 2.56. The highest BCUT2D eigenvalue weighted by atomic mass is 15.1. The summed E-state index contributed by atoms with van der Waals surface area (Å²) in [6.45, 7) is 12.7. The number of nitrogens with one attached hydrogen (secondary N) is 1. The molecule has 0 bridgehead atoms. The molecule has 0 saturated carbocycles. The molecule has 1 heterocycles. The van der Waals surface area contributed by atoms with Crippen LogP contribution < -0.4 is 5.32 Å². The molecule has 0 amide bonds. The first-order valence-electron chi connectivity index (χ1n) is 7.69. The summed E-state index contributed by atoms with van der Waals surface area (Å²) >= 11 is 0. The van der Waals surface area contributed by atoms with Gasteiger partial charge in [-0.2, -0.15) is 0 Å². The van der Waals surface area contributed by atoms with Crippen molar-refractivity contribution >= 4 is 0 Å². The molecule has 19 heavy (non-hydrogen) atoms. The molecule has 1 N–H and O–H groups in total. The second kappa shape index (κ2) is 7.06. The van der Waals surface area contributed by atoms with Crippen molar-refractivity contribution in [2.45, 2.75) is 40.2 Å². The number of nitrogens with zero attached hydrogens (tertiary/aromatic N) is 1. The first-order valence-corrected chi connectivity index (χ1v) is 7.69. The largest absolute Gasteiger partial charge is 0.312 e. The predicted octanol–water partition coefficient (Wildman–Crippen LogP) is 3.12. The molecule has 0 atom stereocenters. The van der Waals surface area contributed by atoms with Crippen LogP contribution in [0.2, 0.25) is 0 Å². The van der Waals surface area contributed by atoms with Crippen LogP contribution in [0.1, 0.15) is 36.5 Å². The lowest BCUT2D eigenvalue weighted by Crippen LogP contribution is -2.37. The highest BCUT2D eigenvalue weighted by Gasteiger charge is 2.17. The minimum Gasteiger partial charge on any atom is -0.312 e. The van der Waals surface area contributed by atoms with Crippen molar-refractivity contribution in [1.82, 2.24) is 10.2 Å². The van der Waals surface area contributed by atoms with Gasteiger partial charge in [0.1, 0.15) is 0 Å². The fourth-order valence-corrected chi connectivity index (χ4v) is 2.92. The standard InChI is InChI=1S/C17H28N2/c1-4-19-10-8-16(9-11-19)12-18-13-17-7-5-6-14(2)15(17)3/h5-7,16,18H,4,8-13H2,1-3H3. The molecule has 0 radical (unpaired) electrons. The normalized spacial score (nSPS) is 17.8. The highest BCUT2D eigenvalue weighted by molar-refractivity contribution is 5.32. The first kappa shape index (κ1) is 14.5. The van der Waals surface area contributed by atoms with Crippen LogP contribution in [0.25, 0.3) is 0 Å². The minimum atomic E-state index is 0.868. The van der Waals surface area contributed by atoms with Crippen LogP contribution in [0, 0.1) is 19.8 Å². The van der Waals surface area contributed by atoms with Gasteiger partial charge in [-0.1, -0.05) is 25.1 Å². The molecule has 2 rings (SSSR count). The van der Waals surface area contributed by atoms with Gasteiger partial charge in [0.2, 0.25) is 0 Å². The molecule has 0 aromatic heterocycles. The number of rotatable bonds is 5. The zero-order chi connectivity index (χ0) is 13.7. The van der Waals surface area contributed by atoms with Crippen LogP contribution >= 0.6 is 0 Å². The number of hydrogen-bond donors (Lipinski definition) is 1. The van der Waals surface area contributed by atoms with Crippen LogP contribution in [-0.2, 0) is 6.54 Å². The molecule has 1 fully saturated rings. The first-order chi connectivity index (χ1) is 9.20. The molecule has 106 valence electrons. The number of aryl methyl sites for hydroxylation is 1. The molecule has 0 aliphatic carbocycles. The van der Waals surface area contributed by atoms with E-state index in [-0.39, 0.29) is 0 Å². The van der Waals surface area contributed by atoms with Crippen molar-refractivity contribution in [3.05, 3.63) is 34.9 Å². The number of hydrogen-bond acceptors (Lipinski definition) is 2. The Hall–Kier alpha value is -0.860. The molecule has 2 heteroatoms. The maximum Gasteiger partial charge on any atom is 0.0208 e. The molecular weight excluding hydrogens is 232 g/mol. The van der Waals surface area contributed by atoms with Crippen molar-refractivity contribution in [3.63, 3.8) is 0 Å². The molecule has 1 aromatic rings. The second-order valence-corrected chi connectivity index (χ2v) is 5.87. The molecule has 1 aliphatic heterocycles. The van der Waals surface area contributed by atoms with E-state index in [1.54, 1.807) is 0 Å². The third-order valence-corrected chi connectivity index (χ3v) is 4.62. The van der Waals surface area contributed by atoms with E-state index in [1.807, 2.05) is 0 Å². The zero-order valence-corrected chi connectivity index (χ0v) is 12.7. The second-order valence-electron chi connectivity index (χ2n) is 5.87. The van der Waals surface area contributed by atoms with E-state index in [0.717, 1.165) is 12.5 Å². The van der Waals surface area contributed by atoms with Gasteiger partial charge in [0, 0.05) is 6.54 Å². The monoisotopic (exact) mass is 260 g/mol. The lowest BCUT2D eigenvalue weighted by Gasteiger charge is -2.31. The summed E-state index contributed by atoms with van der Waals surface area (Å²) in [5.74, 6) is 0.868. The van der Waals surface area contributed by atoms with Gasteiger partial charge in [0.25, 0.3) is 0 Å². The summed E-state index contributed by atoms with van der Waals surface area (Å²) in [6, 6.07) is 6.60. The van der Waals surface area contributed by atoms with Crippen molar-refractivity contribution in [2.75, 3.05) is 26.2 Å². The summed E-state index contributed by atoms with van der Waals surface area (Å²) in [7, 11) is 0. The van der Waals surface area contributed by atoms with Crippen molar-refractivity contribution in [3.8, 4) is 0 Å². The van der Waals surface area contributed by atoms with Gasteiger partial charge in [0.15, 0.2) is 0 Å². The molecule has 1 aliphatic rings. The summed E-state index contributed by atoms with van der Waals surface area (Å²) in [6.07, 6.45) is 2.71. The average Bonchev–Trinajstić information content (AvgIpc) is 2.44. The molecule has 0 spiro atoms. The lowest BCUT2D eigenvalue weighted by atomic mass is 9.96. The maximum atomic E-state index is 3.65. The highest BCUT2D eigenvalue weighted by Crippen LogP contribution is 2.17. The molecular formula is C17H28N2. The lowest BCUT2D eigenvalue weighted by molar-refractivity contribution is 0.190. The number of benzene rings is 1. The molecule has 1 saturated heterocycles. The quantitative estimate of drug-likeness (QED) is 0.875. The fraction of sp³-hybridized carbons (Fsp3) is 0.647. The van der Waals surface area contributed by atoms with E-state index in [1.165, 1.54) is 55.7 Å². The molecule has 0 unspecified atom stereocenters. The number of piperidine rings is 1. The average molecular weight is 260 g/mol. The van der Waals surface area contributed by atoms with Crippen molar-refractivity contribution in [1.29, 1.82) is 0 Å². The van der Waals surface area contributed by atoms with Gasteiger partial charge >= 0.3 is 0 Å². The smallest absolute Gasteiger partial charge is 0.0208 e. The van der Waals surface area contributed by atoms with Gasteiger partial charge in [-0.25, -0.2) is 0 Å². The van der Waals surface area contributed by atoms with Gasteiger partial charge in [0.05, 0.1) is 0 Å². The summed E-state index contributed by atoms with van der Waals surface area (Å²) < 4.78 is 0. The Bertz CT molecular complexity index is 392. The van der Waals surface area contributed by atoms with Crippen LogP contribution in [0.5, 0.6) is 0 Å². The van der Waals surface area contributed by atoms with E-state index in [0.29, 0.717) is 0 Å². The zero-order valence-electron chi connectivity index (χ0n) is 12.7. The predicted molar refractivity (Wildman–Crippen MR) is 82.5 cm³/mol. The van der Waals surface area contributed by atoms with Crippen LogP contribution in [0.4, 0.5) is 0 Å². The Balaban J connectivity index is 1.74.